The molecule has 2 rings (SSSR count). The van der Waals surface area contributed by atoms with Crippen LogP contribution in [0.15, 0.2) is 18.3 Å². The predicted molar refractivity (Wildman–Crippen MR) is 87.9 cm³/mol. The standard InChI is InChI=1S/C18H23NO3/c1-5-6-7-19-10-16(12(4)20)15-9-13(18(21)22)8-14(11(2)3)17(15)19/h8-11H,5-7H2,1-4H3,(H,21,22). The molecule has 0 aliphatic carbocycles. The highest BCUT2D eigenvalue weighted by molar-refractivity contribution is 6.09. The van der Waals surface area contributed by atoms with E-state index in [1.165, 1.54) is 6.92 Å². The van der Waals surface area contributed by atoms with Crippen LogP contribution >= 0.6 is 0 Å². The Balaban J connectivity index is 2.82. The molecule has 22 heavy (non-hydrogen) atoms. The summed E-state index contributed by atoms with van der Waals surface area (Å²) >= 11 is 0. The van der Waals surface area contributed by atoms with E-state index in [0.29, 0.717) is 5.56 Å². The first kappa shape index (κ1) is 16.3. The van der Waals surface area contributed by atoms with Gasteiger partial charge in [0, 0.05) is 23.7 Å². The summed E-state index contributed by atoms with van der Waals surface area (Å²) in [5.74, 6) is -0.797. The lowest BCUT2D eigenvalue weighted by molar-refractivity contribution is 0.0696. The van der Waals surface area contributed by atoms with Gasteiger partial charge in [-0.05, 0) is 37.0 Å². The van der Waals surface area contributed by atoms with Gasteiger partial charge in [-0.3, -0.25) is 4.79 Å². The van der Waals surface area contributed by atoms with Crippen LogP contribution in [0.3, 0.4) is 0 Å². The molecule has 0 aliphatic rings. The van der Waals surface area contributed by atoms with E-state index in [1.807, 2.05) is 20.0 Å². The SMILES string of the molecule is CCCCn1cc(C(C)=O)c2cc(C(=O)O)cc(C(C)C)c21. The van der Waals surface area contributed by atoms with Gasteiger partial charge in [0.25, 0.3) is 0 Å². The number of fused-ring (bicyclic) bond motifs is 1. The van der Waals surface area contributed by atoms with Crippen molar-refractivity contribution in [2.24, 2.45) is 0 Å². The molecule has 0 amide bonds. The van der Waals surface area contributed by atoms with Gasteiger partial charge in [-0.1, -0.05) is 27.2 Å². The van der Waals surface area contributed by atoms with Crippen LogP contribution in [-0.4, -0.2) is 21.4 Å². The molecule has 1 N–H and O–H groups in total. The number of carbonyl (C=O) groups excluding carboxylic acids is 1. The summed E-state index contributed by atoms with van der Waals surface area (Å²) in [6.07, 6.45) is 3.97. The average Bonchev–Trinajstić information content (AvgIpc) is 2.82. The molecule has 1 heterocycles. The van der Waals surface area contributed by atoms with Gasteiger partial charge in [-0.2, -0.15) is 0 Å². The Morgan fingerprint density at radius 3 is 2.45 bits per heavy atom. The van der Waals surface area contributed by atoms with Gasteiger partial charge in [0.1, 0.15) is 0 Å². The summed E-state index contributed by atoms with van der Waals surface area (Å²) in [5, 5.41) is 10.1. The molecule has 0 radical (unpaired) electrons. The number of nitrogens with zero attached hydrogens (tertiary/aromatic N) is 1. The number of hydrogen-bond acceptors (Lipinski definition) is 2. The molecule has 0 aliphatic heterocycles. The van der Waals surface area contributed by atoms with Crippen LogP contribution in [0.4, 0.5) is 0 Å². The number of aromatic carboxylic acids is 1. The van der Waals surface area contributed by atoms with Gasteiger partial charge in [-0.25, -0.2) is 4.79 Å². The molecule has 1 aromatic heterocycles. The Morgan fingerprint density at radius 2 is 1.95 bits per heavy atom. The van der Waals surface area contributed by atoms with Crippen LogP contribution in [0.1, 0.15) is 72.7 Å². The highest BCUT2D eigenvalue weighted by Gasteiger charge is 2.19. The molecular weight excluding hydrogens is 278 g/mol. The molecule has 2 aromatic rings. The smallest absolute Gasteiger partial charge is 0.335 e. The number of carboxylic acid groups (broad SMARTS) is 1. The minimum Gasteiger partial charge on any atom is -0.478 e. The van der Waals surface area contributed by atoms with Crippen LogP contribution in [-0.2, 0) is 6.54 Å². The molecule has 0 saturated carbocycles. The number of unbranched alkanes of at least 4 members (excludes halogenated alkanes) is 1. The molecular formula is C18H23NO3. The van der Waals surface area contributed by atoms with Gasteiger partial charge in [0.2, 0.25) is 0 Å². The summed E-state index contributed by atoms with van der Waals surface area (Å²) in [6, 6.07) is 3.37. The number of carboxylic acids is 1. The second kappa shape index (κ2) is 6.34. The van der Waals surface area contributed by atoms with Crippen LogP contribution in [0.5, 0.6) is 0 Å². The zero-order chi connectivity index (χ0) is 16.4. The normalized spacial score (nSPS) is 11.3. The summed E-state index contributed by atoms with van der Waals surface area (Å²) in [7, 11) is 0. The zero-order valence-corrected chi connectivity index (χ0v) is 13.6. The number of carbonyl (C=O) groups is 2. The van der Waals surface area contributed by atoms with Gasteiger partial charge in [-0.15, -0.1) is 0 Å². The lowest BCUT2D eigenvalue weighted by Crippen LogP contribution is -2.03. The van der Waals surface area contributed by atoms with Crippen molar-refractivity contribution in [2.75, 3.05) is 0 Å². The topological polar surface area (TPSA) is 59.3 Å². The molecule has 0 unspecified atom stereocenters. The van der Waals surface area contributed by atoms with Crippen molar-refractivity contribution in [3.63, 3.8) is 0 Å². The van der Waals surface area contributed by atoms with Gasteiger partial charge in [0.05, 0.1) is 11.1 Å². The van der Waals surface area contributed by atoms with E-state index in [0.717, 1.165) is 35.9 Å². The van der Waals surface area contributed by atoms with Crippen LogP contribution in [0.25, 0.3) is 10.9 Å². The van der Waals surface area contributed by atoms with Crippen molar-refractivity contribution in [1.29, 1.82) is 0 Å². The second-order valence-electron chi connectivity index (χ2n) is 6.07. The molecule has 4 heteroatoms. The number of aryl methyl sites for hydroxylation is 1. The molecule has 0 saturated heterocycles. The van der Waals surface area contributed by atoms with E-state index in [-0.39, 0.29) is 17.3 Å². The predicted octanol–water partition coefficient (Wildman–Crippen LogP) is 4.47. The maximum atomic E-state index is 11.9. The van der Waals surface area contributed by atoms with Crippen molar-refractivity contribution >= 4 is 22.7 Å². The van der Waals surface area contributed by atoms with Crippen LogP contribution in [0, 0.1) is 0 Å². The van der Waals surface area contributed by atoms with E-state index >= 15 is 0 Å². The summed E-state index contributed by atoms with van der Waals surface area (Å²) in [4.78, 5) is 23.3. The quantitative estimate of drug-likeness (QED) is 0.801. The zero-order valence-electron chi connectivity index (χ0n) is 13.6. The van der Waals surface area contributed by atoms with E-state index < -0.39 is 5.97 Å². The first-order valence-corrected chi connectivity index (χ1v) is 7.77. The van der Waals surface area contributed by atoms with E-state index in [2.05, 4.69) is 11.5 Å². The maximum absolute atomic E-state index is 11.9. The third-order valence-electron chi connectivity index (χ3n) is 4.00. The van der Waals surface area contributed by atoms with Crippen molar-refractivity contribution in [1.82, 2.24) is 4.57 Å². The minimum absolute atomic E-state index is 0.0301. The molecule has 0 spiro atoms. The lowest BCUT2D eigenvalue weighted by atomic mass is 9.96. The molecule has 4 nitrogen and oxygen atoms in total. The van der Waals surface area contributed by atoms with Gasteiger partial charge in [0.15, 0.2) is 5.78 Å². The Hall–Kier alpha value is -2.10. The average molecular weight is 301 g/mol. The Morgan fingerprint density at radius 1 is 1.27 bits per heavy atom. The molecule has 1 aromatic carbocycles. The van der Waals surface area contributed by atoms with Gasteiger partial charge >= 0.3 is 5.97 Å². The van der Waals surface area contributed by atoms with Crippen molar-refractivity contribution in [3.8, 4) is 0 Å². The van der Waals surface area contributed by atoms with Crippen molar-refractivity contribution < 1.29 is 14.7 Å². The molecule has 0 fully saturated rings. The third kappa shape index (κ3) is 2.91. The summed E-state index contributed by atoms with van der Waals surface area (Å²) in [6.45, 7) is 8.59. The summed E-state index contributed by atoms with van der Waals surface area (Å²) in [5.41, 5.74) is 2.83. The number of hydrogen-bond donors (Lipinski definition) is 1. The highest BCUT2D eigenvalue weighted by Crippen LogP contribution is 2.31. The Bertz CT molecular complexity index is 725. The first-order chi connectivity index (χ1) is 10.4. The fourth-order valence-corrected chi connectivity index (χ4v) is 2.82. The number of rotatable bonds is 6. The van der Waals surface area contributed by atoms with Crippen molar-refractivity contribution in [2.45, 2.75) is 53.0 Å². The monoisotopic (exact) mass is 301 g/mol. The molecule has 118 valence electrons. The molecule has 0 atom stereocenters. The number of ketones is 1. The Labute approximate surface area is 130 Å². The Kier molecular flexibility index (Phi) is 4.69. The van der Waals surface area contributed by atoms with E-state index in [1.54, 1.807) is 12.1 Å². The fraction of sp³-hybridized carbons (Fsp3) is 0.444. The van der Waals surface area contributed by atoms with Crippen molar-refractivity contribution in [3.05, 3.63) is 35.0 Å². The number of benzene rings is 1. The van der Waals surface area contributed by atoms with Crippen LogP contribution in [0.2, 0.25) is 0 Å². The largest absolute Gasteiger partial charge is 0.478 e. The fourth-order valence-electron chi connectivity index (χ4n) is 2.82. The first-order valence-electron chi connectivity index (χ1n) is 7.77. The third-order valence-corrected chi connectivity index (χ3v) is 4.00. The van der Waals surface area contributed by atoms with E-state index in [9.17, 15) is 14.7 Å². The second-order valence-corrected chi connectivity index (χ2v) is 6.07. The maximum Gasteiger partial charge on any atom is 0.335 e. The molecule has 0 bridgehead atoms. The van der Waals surface area contributed by atoms with E-state index in [4.69, 9.17) is 0 Å². The van der Waals surface area contributed by atoms with Crippen LogP contribution < -0.4 is 0 Å². The highest BCUT2D eigenvalue weighted by atomic mass is 16.4. The number of aromatic nitrogens is 1. The minimum atomic E-state index is -0.959. The summed E-state index contributed by atoms with van der Waals surface area (Å²) < 4.78 is 2.11. The number of Topliss-reactive ketones (excluding diaryl/α,β-unsaturated/α-hetero) is 1. The lowest BCUT2D eigenvalue weighted by Gasteiger charge is -2.13. The van der Waals surface area contributed by atoms with Gasteiger partial charge < -0.3 is 9.67 Å².